The molecule has 6 heteroatoms. The molecule has 0 radical (unpaired) electrons. The highest BCUT2D eigenvalue weighted by atomic mass is 32.1. The minimum atomic E-state index is 0.408. The summed E-state index contributed by atoms with van der Waals surface area (Å²) >= 11 is 3.65. The summed E-state index contributed by atoms with van der Waals surface area (Å²) in [7, 11) is 0. The topological polar surface area (TPSA) is 38.0 Å². The van der Waals surface area contributed by atoms with Gasteiger partial charge in [0.15, 0.2) is 0 Å². The number of hydrogen-bond acceptors (Lipinski definition) is 3. The minimum Gasteiger partial charge on any atom is -0.316 e. The highest BCUT2D eigenvalue weighted by Crippen LogP contribution is 2.56. The molecule has 0 aliphatic carbocycles. The first-order chi connectivity index (χ1) is 39.7. The molecule has 4 aromatic heterocycles. The van der Waals surface area contributed by atoms with E-state index < -0.39 is 0 Å². The fourth-order valence-electron chi connectivity index (χ4n) is 12.8. The van der Waals surface area contributed by atoms with Gasteiger partial charge < -0.3 is 9.13 Å². The lowest BCUT2D eigenvalue weighted by Crippen LogP contribution is -2.09. The van der Waals surface area contributed by atoms with Crippen molar-refractivity contribution < 1.29 is 0 Å². The maximum Gasteiger partial charge on any atom is 0.220 e. The van der Waals surface area contributed by atoms with Crippen molar-refractivity contribution >= 4 is 112 Å². The van der Waals surface area contributed by atoms with Gasteiger partial charge in [-0.2, -0.15) is 5.26 Å². The molecule has 0 fully saturated rings. The number of rotatable bonds is 7. The summed E-state index contributed by atoms with van der Waals surface area (Å²) in [4.78, 5) is 4.74. The van der Waals surface area contributed by atoms with E-state index >= 15 is 0 Å². The van der Waals surface area contributed by atoms with Crippen molar-refractivity contribution in [1.29, 1.82) is 5.26 Å². The van der Waals surface area contributed by atoms with Gasteiger partial charge in [-0.25, -0.2) is 4.85 Å². The van der Waals surface area contributed by atoms with E-state index in [0.717, 1.165) is 114 Å². The van der Waals surface area contributed by atoms with E-state index in [-0.39, 0.29) is 0 Å². The number of benzene rings is 12. The molecule has 0 N–H and O–H groups in total. The number of hydrogen-bond donors (Lipinski definition) is 0. The second-order valence-electron chi connectivity index (χ2n) is 20.4. The maximum atomic E-state index is 12.2. The van der Waals surface area contributed by atoms with Gasteiger partial charge in [-0.1, -0.05) is 243 Å². The Morgan fingerprint density at radius 3 is 1.29 bits per heavy atom. The Bertz CT molecular complexity index is 5120. The summed E-state index contributed by atoms with van der Waals surface area (Å²) in [5, 5.41) is 21.2. The third-order valence-electron chi connectivity index (χ3n) is 16.2. The molecule has 16 rings (SSSR count). The Kier molecular flexibility index (Phi) is 10.4. The average Bonchev–Trinajstić information content (AvgIpc) is 4.25. The van der Waals surface area contributed by atoms with E-state index in [1.54, 1.807) is 0 Å². The summed E-state index contributed by atoms with van der Waals surface area (Å²) in [6, 6.07) is 93.2. The van der Waals surface area contributed by atoms with Crippen LogP contribution in [0.2, 0.25) is 0 Å². The maximum absolute atomic E-state index is 12.2. The number of fused-ring (bicyclic) bond motifs is 14. The zero-order valence-corrected chi connectivity index (χ0v) is 44.5. The van der Waals surface area contributed by atoms with Gasteiger partial charge in [0.25, 0.3) is 0 Å². The first-order valence-electron chi connectivity index (χ1n) is 26.8. The van der Waals surface area contributed by atoms with Gasteiger partial charge >= 0.3 is 0 Å². The van der Waals surface area contributed by atoms with Crippen LogP contribution in [0, 0.1) is 17.9 Å². The van der Waals surface area contributed by atoms with Crippen LogP contribution in [-0.2, 0) is 0 Å². The number of para-hydroxylation sites is 1. The van der Waals surface area contributed by atoms with E-state index in [1.165, 1.54) is 31.3 Å². The van der Waals surface area contributed by atoms with Gasteiger partial charge in [0.1, 0.15) is 6.07 Å². The summed E-state index contributed by atoms with van der Waals surface area (Å²) in [5.74, 6) is 0. The Labute approximate surface area is 468 Å². The largest absolute Gasteiger partial charge is 0.316 e. The Morgan fingerprint density at radius 2 is 0.762 bits per heavy atom. The van der Waals surface area contributed by atoms with Crippen LogP contribution >= 0.6 is 22.7 Å². The van der Waals surface area contributed by atoms with E-state index in [0.29, 0.717) is 16.8 Å². The van der Waals surface area contributed by atoms with E-state index in [9.17, 15) is 11.8 Å². The zero-order valence-electron chi connectivity index (χ0n) is 42.9. The molecule has 0 spiro atoms. The molecule has 0 saturated heterocycles. The monoisotopic (exact) mass is 1050 g/mol. The highest BCUT2D eigenvalue weighted by Gasteiger charge is 2.33. The van der Waals surface area contributed by atoms with Gasteiger partial charge in [-0.05, 0) is 56.6 Å². The quantitative estimate of drug-likeness (QED) is 0.147. The average molecular weight is 1050 g/mol. The lowest BCUT2D eigenvalue weighted by atomic mass is 9.88. The molecule has 4 nitrogen and oxygen atoms in total. The van der Waals surface area contributed by atoms with Crippen LogP contribution in [0.1, 0.15) is 5.56 Å². The standard InChI is InChI=1S/C74H42N4S2/c1-76-66-64(48-27-13-5-14-28-48)61(44-75)67(77-62-36-18-17-31-53(62)54-38-37-50(43-63(54)77)45-21-7-2-8-22-45)65(49-29-15-6-16-30-49)70(66)78-68-55(39-41-59-57-34-19-32-51(71(57)79-73(59)68)46-23-9-3-10-24-46)56-40-42-60-58-35-20-33-52(47-25-11-4-12-26-47)72(58)80-74(60)69(56)78/h2-43H. The van der Waals surface area contributed by atoms with Crippen molar-refractivity contribution in [3.8, 4) is 73.1 Å². The first-order valence-corrected chi connectivity index (χ1v) is 28.4. The smallest absolute Gasteiger partial charge is 0.220 e. The van der Waals surface area contributed by atoms with Crippen LogP contribution in [0.3, 0.4) is 0 Å². The highest BCUT2D eigenvalue weighted by molar-refractivity contribution is 7.28. The minimum absolute atomic E-state index is 0.408. The van der Waals surface area contributed by atoms with Crippen LogP contribution < -0.4 is 0 Å². The summed E-state index contributed by atoms with van der Waals surface area (Å²) in [5.41, 5.74) is 16.2. The van der Waals surface area contributed by atoms with Crippen LogP contribution in [0.25, 0.3) is 156 Å². The number of nitrogens with zero attached hydrogens (tertiary/aromatic N) is 4. The third-order valence-corrected chi connectivity index (χ3v) is 18.7. The molecule has 0 atom stereocenters. The Balaban J connectivity index is 1.18. The molecule has 12 aromatic carbocycles. The molecule has 4 heterocycles. The molecule has 0 saturated carbocycles. The molecule has 0 unspecified atom stereocenters. The second-order valence-corrected chi connectivity index (χ2v) is 22.4. The molecule has 0 aliphatic rings. The predicted octanol–water partition coefficient (Wildman–Crippen LogP) is 21.4. The predicted molar refractivity (Wildman–Crippen MR) is 339 cm³/mol. The lowest BCUT2D eigenvalue weighted by Gasteiger charge is -2.26. The number of nitriles is 1. The normalized spacial score (nSPS) is 11.7. The molecule has 370 valence electrons. The molecular formula is C74H42N4S2. The van der Waals surface area contributed by atoms with Crippen LogP contribution in [-0.4, -0.2) is 9.13 Å². The van der Waals surface area contributed by atoms with E-state index in [1.807, 2.05) is 53.0 Å². The number of aromatic nitrogens is 2. The van der Waals surface area contributed by atoms with Crippen LogP contribution in [0.4, 0.5) is 5.69 Å². The van der Waals surface area contributed by atoms with Gasteiger partial charge in [0.2, 0.25) is 5.69 Å². The molecule has 0 bridgehead atoms. The summed E-state index contributed by atoms with van der Waals surface area (Å²) in [6.45, 7) is 9.70. The summed E-state index contributed by atoms with van der Waals surface area (Å²) in [6.07, 6.45) is 0. The van der Waals surface area contributed by atoms with Crippen molar-refractivity contribution in [2.24, 2.45) is 0 Å². The van der Waals surface area contributed by atoms with Gasteiger partial charge in [0.05, 0.1) is 55.0 Å². The van der Waals surface area contributed by atoms with Crippen molar-refractivity contribution in [3.05, 3.63) is 272 Å². The molecule has 0 aliphatic heterocycles. The zero-order chi connectivity index (χ0) is 53.0. The lowest BCUT2D eigenvalue weighted by molar-refractivity contribution is 1.14. The van der Waals surface area contributed by atoms with Crippen LogP contribution in [0.15, 0.2) is 255 Å². The molecule has 0 amide bonds. The summed E-state index contributed by atoms with van der Waals surface area (Å²) < 4.78 is 9.47. The fourth-order valence-corrected chi connectivity index (χ4v) is 15.5. The first kappa shape index (κ1) is 45.8. The molecule has 16 aromatic rings. The van der Waals surface area contributed by atoms with Crippen molar-refractivity contribution in [3.63, 3.8) is 0 Å². The fraction of sp³-hybridized carbons (Fsp3) is 0. The van der Waals surface area contributed by atoms with Crippen molar-refractivity contribution in [2.75, 3.05) is 0 Å². The Hall–Kier alpha value is -10.3. The van der Waals surface area contributed by atoms with Crippen molar-refractivity contribution in [2.45, 2.75) is 0 Å². The third kappa shape index (κ3) is 6.71. The van der Waals surface area contributed by atoms with Crippen LogP contribution in [0.5, 0.6) is 0 Å². The van der Waals surface area contributed by atoms with Gasteiger partial charge in [-0.3, -0.25) is 0 Å². The van der Waals surface area contributed by atoms with Gasteiger partial charge in [0, 0.05) is 63.6 Å². The van der Waals surface area contributed by atoms with Crippen molar-refractivity contribution in [1.82, 2.24) is 9.13 Å². The molecule has 80 heavy (non-hydrogen) atoms. The second kappa shape index (κ2) is 18.1. The van der Waals surface area contributed by atoms with E-state index in [4.69, 9.17) is 4.85 Å². The number of thiophene rings is 2. The van der Waals surface area contributed by atoms with E-state index in [2.05, 4.69) is 240 Å². The SMILES string of the molecule is [C-]#[N+]c1c(-c2ccccc2)c(C#N)c(-n2c3ccccc3c3ccc(-c4ccccc4)cc32)c(-c2ccccc2)c1-n1c2c(ccc3c4cccc(-c5ccccc5)c4sc32)c2ccc3c4cccc(-c5ccccc5)c4sc3c21. The Morgan fingerprint density at radius 1 is 0.338 bits per heavy atom. The van der Waals surface area contributed by atoms with Gasteiger partial charge in [-0.15, -0.1) is 22.7 Å². The molecular weight excluding hydrogens is 1010 g/mol.